The van der Waals surface area contributed by atoms with Crippen LogP contribution in [0.3, 0.4) is 0 Å². The van der Waals surface area contributed by atoms with Crippen LogP contribution in [0.4, 0.5) is 17.6 Å². The van der Waals surface area contributed by atoms with Gasteiger partial charge in [-0.1, -0.05) is 25.5 Å². The first kappa shape index (κ1) is 17.3. The lowest BCUT2D eigenvalue weighted by Crippen LogP contribution is -2.08. The molecule has 0 amide bonds. The molecule has 0 radical (unpaired) electrons. The fourth-order valence-electron chi connectivity index (χ4n) is 3.87. The largest absolute Gasteiger partial charge is 0.376 e. The van der Waals surface area contributed by atoms with Gasteiger partial charge in [-0.25, -0.2) is 17.6 Å². The van der Waals surface area contributed by atoms with Crippen molar-refractivity contribution >= 4 is 5.57 Å². The Kier molecular flexibility index (Phi) is 4.35. The van der Waals surface area contributed by atoms with E-state index in [0.29, 0.717) is 42.6 Å². The first-order chi connectivity index (χ1) is 12.5. The van der Waals surface area contributed by atoms with Gasteiger partial charge in [0.25, 0.3) is 0 Å². The molecule has 26 heavy (non-hydrogen) atoms. The number of rotatable bonds is 3. The van der Waals surface area contributed by atoms with Gasteiger partial charge >= 0.3 is 0 Å². The van der Waals surface area contributed by atoms with E-state index in [4.69, 9.17) is 4.74 Å². The van der Waals surface area contributed by atoms with Crippen molar-refractivity contribution in [2.45, 2.75) is 32.6 Å². The number of ether oxygens (including phenoxy) is 1. The second-order valence-electron chi connectivity index (χ2n) is 6.78. The quantitative estimate of drug-likeness (QED) is 0.554. The molecule has 1 aliphatic carbocycles. The highest BCUT2D eigenvalue weighted by Crippen LogP contribution is 2.44. The Hall–Kier alpha value is -2.14. The van der Waals surface area contributed by atoms with Gasteiger partial charge in [0.05, 0.1) is 13.2 Å². The molecule has 0 bridgehead atoms. The minimum atomic E-state index is -1.12. The minimum Gasteiger partial charge on any atom is -0.376 e. The van der Waals surface area contributed by atoms with E-state index in [0.717, 1.165) is 0 Å². The highest BCUT2D eigenvalue weighted by Gasteiger charge is 2.32. The Labute approximate surface area is 149 Å². The van der Waals surface area contributed by atoms with Crippen LogP contribution < -0.4 is 0 Å². The molecule has 2 aromatic carbocycles. The van der Waals surface area contributed by atoms with Crippen LogP contribution in [0.15, 0.2) is 18.2 Å². The van der Waals surface area contributed by atoms with Crippen molar-refractivity contribution < 1.29 is 22.3 Å². The van der Waals surface area contributed by atoms with Gasteiger partial charge in [0.1, 0.15) is 0 Å². The van der Waals surface area contributed by atoms with Crippen LogP contribution >= 0.6 is 0 Å². The molecule has 0 saturated heterocycles. The van der Waals surface area contributed by atoms with E-state index in [2.05, 4.69) is 0 Å². The molecule has 0 spiro atoms. The van der Waals surface area contributed by atoms with Crippen LogP contribution in [0.5, 0.6) is 0 Å². The smallest absolute Gasteiger partial charge is 0.167 e. The zero-order valence-electron chi connectivity index (χ0n) is 14.4. The SMILES string of the molecule is CCCc1cc2c(c(F)c1F)-c1c(cc(C3=CCCOC3)c(F)c1F)C2. The van der Waals surface area contributed by atoms with E-state index in [1.807, 2.05) is 13.0 Å². The molecule has 0 fully saturated rings. The summed E-state index contributed by atoms with van der Waals surface area (Å²) >= 11 is 0. The molecule has 1 heterocycles. The number of hydrogen-bond acceptors (Lipinski definition) is 1. The second-order valence-corrected chi connectivity index (χ2v) is 6.78. The predicted molar refractivity (Wildman–Crippen MR) is 91.9 cm³/mol. The maximum Gasteiger partial charge on any atom is 0.167 e. The van der Waals surface area contributed by atoms with Crippen molar-refractivity contribution in [1.29, 1.82) is 0 Å². The molecule has 2 aromatic rings. The monoisotopic (exact) mass is 362 g/mol. The summed E-state index contributed by atoms with van der Waals surface area (Å²) in [5.74, 6) is -4.21. The Bertz CT molecular complexity index is 931. The number of hydrogen-bond donors (Lipinski definition) is 0. The summed E-state index contributed by atoms with van der Waals surface area (Å²) in [7, 11) is 0. The lowest BCUT2D eigenvalue weighted by atomic mass is 9.96. The lowest BCUT2D eigenvalue weighted by molar-refractivity contribution is 0.164. The van der Waals surface area contributed by atoms with Gasteiger partial charge in [0.2, 0.25) is 0 Å². The van der Waals surface area contributed by atoms with E-state index in [1.165, 1.54) is 0 Å². The molecule has 1 nitrogen and oxygen atoms in total. The summed E-state index contributed by atoms with van der Waals surface area (Å²) in [5, 5.41) is 0. The number of fused-ring (bicyclic) bond motifs is 3. The first-order valence-corrected chi connectivity index (χ1v) is 8.81. The Morgan fingerprint density at radius 2 is 1.62 bits per heavy atom. The van der Waals surface area contributed by atoms with Gasteiger partial charge < -0.3 is 4.74 Å². The number of aryl methyl sites for hydroxylation is 1. The highest BCUT2D eigenvalue weighted by atomic mass is 19.2. The number of benzene rings is 2. The van der Waals surface area contributed by atoms with Crippen molar-refractivity contribution in [3.8, 4) is 11.1 Å². The van der Waals surface area contributed by atoms with Gasteiger partial charge in [-0.3, -0.25) is 0 Å². The Balaban J connectivity index is 1.89. The molecular weight excluding hydrogens is 344 g/mol. The highest BCUT2D eigenvalue weighted by molar-refractivity contribution is 5.81. The van der Waals surface area contributed by atoms with E-state index < -0.39 is 23.3 Å². The average Bonchev–Trinajstić information content (AvgIpc) is 3.02. The fourth-order valence-corrected chi connectivity index (χ4v) is 3.87. The van der Waals surface area contributed by atoms with Gasteiger partial charge in [-0.15, -0.1) is 0 Å². The molecule has 2 aliphatic rings. The molecule has 4 rings (SSSR count). The normalized spacial score (nSPS) is 15.7. The standard InChI is InChI=1S/C21H18F4O/c1-2-4-11-7-13-8-14-9-15(12-5-3-6-26-10-12)19(23)21(25)17(14)16(13)20(24)18(11)22/h5,7,9H,2-4,6,8,10H2,1H3. The maximum atomic E-state index is 14.8. The topological polar surface area (TPSA) is 9.23 Å². The maximum absolute atomic E-state index is 14.8. The van der Waals surface area contributed by atoms with Crippen LogP contribution in [0.25, 0.3) is 16.7 Å². The Morgan fingerprint density at radius 3 is 2.27 bits per heavy atom. The lowest BCUT2D eigenvalue weighted by Gasteiger charge is -2.16. The van der Waals surface area contributed by atoms with Crippen molar-refractivity contribution in [3.63, 3.8) is 0 Å². The summed E-state index contributed by atoms with van der Waals surface area (Å²) in [6, 6.07) is 3.13. The summed E-state index contributed by atoms with van der Waals surface area (Å²) in [5.41, 5.74) is 1.69. The van der Waals surface area contributed by atoms with Crippen LogP contribution in [0.1, 0.15) is 42.0 Å². The summed E-state index contributed by atoms with van der Waals surface area (Å²) in [6.45, 7) is 2.64. The van der Waals surface area contributed by atoms with Crippen LogP contribution in [0.2, 0.25) is 0 Å². The van der Waals surface area contributed by atoms with E-state index in [1.54, 1.807) is 12.1 Å². The van der Waals surface area contributed by atoms with Gasteiger partial charge in [0.15, 0.2) is 23.3 Å². The zero-order valence-corrected chi connectivity index (χ0v) is 14.4. The first-order valence-electron chi connectivity index (χ1n) is 8.81. The van der Waals surface area contributed by atoms with Gasteiger partial charge in [-0.05, 0) is 47.6 Å². The molecule has 0 aromatic heterocycles. The molecule has 1 aliphatic heterocycles. The van der Waals surface area contributed by atoms with Crippen molar-refractivity contribution in [3.05, 3.63) is 63.7 Å². The van der Waals surface area contributed by atoms with Crippen LogP contribution in [0, 0.1) is 23.3 Å². The van der Waals surface area contributed by atoms with Crippen LogP contribution in [-0.4, -0.2) is 13.2 Å². The van der Waals surface area contributed by atoms with E-state index >= 15 is 0 Å². The molecule has 0 atom stereocenters. The van der Waals surface area contributed by atoms with Crippen molar-refractivity contribution in [2.75, 3.05) is 13.2 Å². The van der Waals surface area contributed by atoms with Gasteiger partial charge in [-0.2, -0.15) is 0 Å². The van der Waals surface area contributed by atoms with Crippen LogP contribution in [-0.2, 0) is 17.6 Å². The predicted octanol–water partition coefficient (Wildman–Crippen LogP) is 5.57. The minimum absolute atomic E-state index is 0.142. The van der Waals surface area contributed by atoms with Gasteiger partial charge in [0, 0.05) is 16.7 Å². The fraction of sp³-hybridized carbons (Fsp3) is 0.333. The summed E-state index contributed by atoms with van der Waals surface area (Å²) < 4.78 is 63.8. The molecule has 0 N–H and O–H groups in total. The Morgan fingerprint density at radius 1 is 0.923 bits per heavy atom. The third-order valence-corrected chi connectivity index (χ3v) is 5.06. The molecule has 0 saturated carbocycles. The third kappa shape index (κ3) is 2.57. The molecular formula is C21H18F4O. The third-order valence-electron chi connectivity index (χ3n) is 5.06. The summed E-state index contributed by atoms with van der Waals surface area (Å²) in [4.78, 5) is 0. The molecule has 0 unspecified atom stereocenters. The van der Waals surface area contributed by atoms with E-state index in [-0.39, 0.29) is 35.3 Å². The molecule has 5 heteroatoms. The summed E-state index contributed by atoms with van der Waals surface area (Å²) in [6.07, 6.45) is 3.79. The molecule has 136 valence electrons. The van der Waals surface area contributed by atoms with E-state index in [9.17, 15) is 17.6 Å². The van der Waals surface area contributed by atoms with Crippen molar-refractivity contribution in [1.82, 2.24) is 0 Å². The van der Waals surface area contributed by atoms with Crippen molar-refractivity contribution in [2.24, 2.45) is 0 Å². The number of halogens is 4. The second kappa shape index (κ2) is 6.54. The zero-order chi connectivity index (χ0) is 18.4. The average molecular weight is 362 g/mol.